The quantitative estimate of drug-likeness (QED) is 0.583. The number of hydrogen-bond donors (Lipinski definition) is 2. The first-order chi connectivity index (χ1) is 8.22. The molecule has 1 rings (SSSR count). The molecule has 0 aromatic carbocycles. The zero-order valence-corrected chi connectivity index (χ0v) is 11.1. The number of nitrogens with one attached hydrogen (secondary N) is 2. The van der Waals surface area contributed by atoms with E-state index in [-0.39, 0.29) is 0 Å². The summed E-state index contributed by atoms with van der Waals surface area (Å²) in [5.41, 5.74) is 0. The number of guanidine groups is 1. The first kappa shape index (κ1) is 13.6. The van der Waals surface area contributed by atoms with Crippen LogP contribution in [-0.4, -0.2) is 30.2 Å². The average Bonchev–Trinajstić information content (AvgIpc) is 2.78. The fraction of sp³-hybridized carbons (Fsp3) is 0.615. The maximum atomic E-state index is 4.52. The topological polar surface area (TPSA) is 41.4 Å². The number of nitrogens with zero attached hydrogens (tertiary/aromatic N) is 2. The minimum atomic E-state index is 0.593. The van der Waals surface area contributed by atoms with Crippen LogP contribution < -0.4 is 10.6 Å². The molecule has 96 valence electrons. The molecule has 0 aliphatic rings. The minimum Gasteiger partial charge on any atom is -0.357 e. The molecule has 1 aromatic heterocycles. The highest BCUT2D eigenvalue weighted by molar-refractivity contribution is 5.79. The largest absolute Gasteiger partial charge is 0.357 e. The third-order valence-corrected chi connectivity index (χ3v) is 2.29. The third kappa shape index (κ3) is 6.00. The lowest BCUT2D eigenvalue weighted by Gasteiger charge is -2.12. The zero-order chi connectivity index (χ0) is 12.5. The van der Waals surface area contributed by atoms with E-state index in [0.717, 1.165) is 32.1 Å². The lowest BCUT2D eigenvalue weighted by atomic mass is 10.2. The first-order valence-corrected chi connectivity index (χ1v) is 6.35. The zero-order valence-electron chi connectivity index (χ0n) is 11.1. The molecule has 4 nitrogen and oxygen atoms in total. The van der Waals surface area contributed by atoms with Gasteiger partial charge in [-0.1, -0.05) is 13.8 Å². The molecule has 17 heavy (non-hydrogen) atoms. The van der Waals surface area contributed by atoms with Gasteiger partial charge in [-0.05, 0) is 25.0 Å². The van der Waals surface area contributed by atoms with Crippen LogP contribution >= 0.6 is 0 Å². The Hall–Kier alpha value is -1.45. The molecule has 0 aliphatic heterocycles. The Morgan fingerprint density at radius 1 is 1.24 bits per heavy atom. The lowest BCUT2D eigenvalue weighted by molar-refractivity contribution is 0.642. The van der Waals surface area contributed by atoms with Gasteiger partial charge in [0, 0.05) is 38.6 Å². The molecule has 1 aromatic rings. The number of aliphatic imine (C=N–C) groups is 1. The van der Waals surface area contributed by atoms with Crippen molar-refractivity contribution >= 4 is 5.96 Å². The predicted octanol–water partition coefficient (Wildman–Crippen LogP) is 1.70. The van der Waals surface area contributed by atoms with Crippen molar-refractivity contribution in [3.05, 3.63) is 24.5 Å². The van der Waals surface area contributed by atoms with Gasteiger partial charge in [-0.3, -0.25) is 4.99 Å². The molecule has 0 atom stereocenters. The fourth-order valence-corrected chi connectivity index (χ4v) is 1.44. The van der Waals surface area contributed by atoms with Crippen molar-refractivity contribution in [2.24, 2.45) is 10.9 Å². The Labute approximate surface area is 104 Å². The second-order valence-corrected chi connectivity index (χ2v) is 4.46. The molecule has 0 unspecified atom stereocenters. The summed E-state index contributed by atoms with van der Waals surface area (Å²) < 4.78 is 2.15. The maximum absolute atomic E-state index is 4.52. The lowest BCUT2D eigenvalue weighted by Crippen LogP contribution is -2.39. The van der Waals surface area contributed by atoms with Crippen LogP contribution in [-0.2, 0) is 6.54 Å². The van der Waals surface area contributed by atoms with E-state index in [4.69, 9.17) is 0 Å². The molecular formula is C13H24N4. The van der Waals surface area contributed by atoms with Crippen LogP contribution in [0.2, 0.25) is 0 Å². The molecule has 1 heterocycles. The highest BCUT2D eigenvalue weighted by Crippen LogP contribution is 1.91. The van der Waals surface area contributed by atoms with E-state index in [1.807, 2.05) is 12.1 Å². The van der Waals surface area contributed by atoms with Crippen molar-refractivity contribution in [3.8, 4) is 0 Å². The highest BCUT2D eigenvalue weighted by atomic mass is 15.2. The Balaban J connectivity index is 2.31. The normalized spacial score (nSPS) is 11.9. The number of hydrogen-bond acceptors (Lipinski definition) is 1. The van der Waals surface area contributed by atoms with Crippen LogP contribution in [0.4, 0.5) is 0 Å². The van der Waals surface area contributed by atoms with Crippen molar-refractivity contribution in [1.82, 2.24) is 15.2 Å². The SMILES string of the molecule is CCNC(=NCC(C)C)NCCn1cccc1. The van der Waals surface area contributed by atoms with Gasteiger partial charge < -0.3 is 15.2 Å². The van der Waals surface area contributed by atoms with Gasteiger partial charge in [0.1, 0.15) is 0 Å². The standard InChI is InChI=1S/C13H24N4/c1-4-14-13(16-11-12(2)3)15-7-10-17-8-5-6-9-17/h5-6,8-9,12H,4,7,10-11H2,1-3H3,(H2,14,15,16). The molecule has 0 spiro atoms. The summed E-state index contributed by atoms with van der Waals surface area (Å²) in [6.07, 6.45) is 4.14. The maximum Gasteiger partial charge on any atom is 0.191 e. The van der Waals surface area contributed by atoms with E-state index in [9.17, 15) is 0 Å². The number of rotatable bonds is 6. The van der Waals surface area contributed by atoms with Gasteiger partial charge in [-0.2, -0.15) is 0 Å². The summed E-state index contributed by atoms with van der Waals surface area (Å²) in [5.74, 6) is 1.50. The van der Waals surface area contributed by atoms with Crippen molar-refractivity contribution in [1.29, 1.82) is 0 Å². The Kier molecular flexibility index (Phi) is 6.22. The first-order valence-electron chi connectivity index (χ1n) is 6.35. The molecule has 0 radical (unpaired) electrons. The summed E-state index contributed by atoms with van der Waals surface area (Å²) in [4.78, 5) is 4.52. The van der Waals surface area contributed by atoms with Gasteiger partial charge in [-0.15, -0.1) is 0 Å². The molecule has 0 saturated carbocycles. The summed E-state index contributed by atoms with van der Waals surface area (Å²) in [6.45, 7) is 10.0. The second kappa shape index (κ2) is 7.76. The fourth-order valence-electron chi connectivity index (χ4n) is 1.44. The van der Waals surface area contributed by atoms with Crippen LogP contribution in [0, 0.1) is 5.92 Å². The van der Waals surface area contributed by atoms with E-state index in [1.165, 1.54) is 0 Å². The third-order valence-electron chi connectivity index (χ3n) is 2.29. The van der Waals surface area contributed by atoms with E-state index >= 15 is 0 Å². The van der Waals surface area contributed by atoms with Gasteiger partial charge in [0.15, 0.2) is 5.96 Å². The average molecular weight is 236 g/mol. The van der Waals surface area contributed by atoms with Crippen molar-refractivity contribution in [3.63, 3.8) is 0 Å². The van der Waals surface area contributed by atoms with Crippen LogP contribution in [0.25, 0.3) is 0 Å². The minimum absolute atomic E-state index is 0.593. The Morgan fingerprint density at radius 3 is 2.53 bits per heavy atom. The van der Waals surface area contributed by atoms with Crippen LogP contribution in [0.5, 0.6) is 0 Å². The van der Waals surface area contributed by atoms with Gasteiger partial charge >= 0.3 is 0 Å². The molecule has 0 aliphatic carbocycles. The monoisotopic (exact) mass is 236 g/mol. The Morgan fingerprint density at radius 2 is 1.94 bits per heavy atom. The van der Waals surface area contributed by atoms with E-state index in [2.05, 4.69) is 53.4 Å². The predicted molar refractivity (Wildman–Crippen MR) is 73.3 cm³/mol. The molecule has 0 fully saturated rings. The van der Waals surface area contributed by atoms with E-state index < -0.39 is 0 Å². The molecule has 4 heteroatoms. The highest BCUT2D eigenvalue weighted by Gasteiger charge is 1.97. The molecule has 0 saturated heterocycles. The van der Waals surface area contributed by atoms with Crippen LogP contribution in [0.3, 0.4) is 0 Å². The van der Waals surface area contributed by atoms with E-state index in [1.54, 1.807) is 0 Å². The van der Waals surface area contributed by atoms with Crippen LogP contribution in [0.15, 0.2) is 29.5 Å². The molecule has 2 N–H and O–H groups in total. The van der Waals surface area contributed by atoms with Gasteiger partial charge in [0.2, 0.25) is 0 Å². The second-order valence-electron chi connectivity index (χ2n) is 4.46. The van der Waals surface area contributed by atoms with Gasteiger partial charge in [0.25, 0.3) is 0 Å². The summed E-state index contributed by atoms with van der Waals surface area (Å²) >= 11 is 0. The smallest absolute Gasteiger partial charge is 0.191 e. The van der Waals surface area contributed by atoms with Gasteiger partial charge in [0.05, 0.1) is 0 Å². The van der Waals surface area contributed by atoms with E-state index in [0.29, 0.717) is 5.92 Å². The van der Waals surface area contributed by atoms with Crippen LogP contribution in [0.1, 0.15) is 20.8 Å². The Bertz CT molecular complexity index is 314. The number of aromatic nitrogens is 1. The van der Waals surface area contributed by atoms with Crippen molar-refractivity contribution in [2.75, 3.05) is 19.6 Å². The summed E-state index contributed by atoms with van der Waals surface area (Å²) in [6, 6.07) is 4.08. The molecular weight excluding hydrogens is 212 g/mol. The van der Waals surface area contributed by atoms with Crippen molar-refractivity contribution in [2.45, 2.75) is 27.3 Å². The molecule has 0 bridgehead atoms. The van der Waals surface area contributed by atoms with Gasteiger partial charge in [-0.25, -0.2) is 0 Å². The summed E-state index contributed by atoms with van der Waals surface area (Å²) in [5, 5.41) is 6.58. The summed E-state index contributed by atoms with van der Waals surface area (Å²) in [7, 11) is 0. The van der Waals surface area contributed by atoms with Crippen molar-refractivity contribution < 1.29 is 0 Å². The molecule has 0 amide bonds.